The zero-order valence-electron chi connectivity index (χ0n) is 12.9. The first kappa shape index (κ1) is 16.2. The number of ether oxygens (including phenoxy) is 1. The SMILES string of the molecule is CC[C@@H](C)C1=NN(C(=O)c2ccccc2)[C@@](O)(C(=O)OC)C1. The first-order valence-corrected chi connectivity index (χ1v) is 7.21. The van der Waals surface area contributed by atoms with Gasteiger partial charge in [0, 0.05) is 17.7 Å². The van der Waals surface area contributed by atoms with Crippen LogP contribution in [0.3, 0.4) is 0 Å². The van der Waals surface area contributed by atoms with Crippen molar-refractivity contribution in [2.24, 2.45) is 11.0 Å². The number of carbonyl (C=O) groups excluding carboxylic acids is 2. The lowest BCUT2D eigenvalue weighted by Gasteiger charge is -2.28. The summed E-state index contributed by atoms with van der Waals surface area (Å²) in [5.41, 5.74) is -1.13. The van der Waals surface area contributed by atoms with Gasteiger partial charge in [0.25, 0.3) is 11.6 Å². The largest absolute Gasteiger partial charge is 0.465 e. The molecule has 1 heterocycles. The first-order chi connectivity index (χ1) is 10.4. The molecule has 2 atom stereocenters. The summed E-state index contributed by atoms with van der Waals surface area (Å²) in [5.74, 6) is -1.37. The fourth-order valence-corrected chi connectivity index (χ4v) is 2.32. The van der Waals surface area contributed by atoms with Crippen LogP contribution in [0.4, 0.5) is 0 Å². The standard InChI is InChI=1S/C16H20N2O4/c1-4-11(2)13-10-16(21,15(20)22-3)18(17-13)14(19)12-8-6-5-7-9-12/h5-9,11,21H,4,10H2,1-3H3/t11-,16+/m1/s1. The van der Waals surface area contributed by atoms with Gasteiger partial charge in [-0.25, -0.2) is 4.79 Å². The monoisotopic (exact) mass is 304 g/mol. The van der Waals surface area contributed by atoms with Crippen LogP contribution in [0.25, 0.3) is 0 Å². The number of rotatable bonds is 4. The van der Waals surface area contributed by atoms with Gasteiger partial charge in [-0.15, -0.1) is 0 Å². The predicted molar refractivity (Wildman–Crippen MR) is 81.1 cm³/mol. The maximum absolute atomic E-state index is 12.6. The quantitative estimate of drug-likeness (QED) is 0.860. The molecule has 0 bridgehead atoms. The maximum Gasteiger partial charge on any atom is 0.361 e. The van der Waals surface area contributed by atoms with Gasteiger partial charge in [-0.1, -0.05) is 32.0 Å². The summed E-state index contributed by atoms with van der Waals surface area (Å²) < 4.78 is 4.66. The Kier molecular flexibility index (Phi) is 4.61. The van der Waals surface area contributed by atoms with Gasteiger partial charge in [-0.3, -0.25) is 4.79 Å². The minimum absolute atomic E-state index is 0.0345. The van der Waals surface area contributed by atoms with Crippen LogP contribution < -0.4 is 0 Å². The second-order valence-corrected chi connectivity index (χ2v) is 5.37. The van der Waals surface area contributed by atoms with Crippen LogP contribution in [0, 0.1) is 5.92 Å². The van der Waals surface area contributed by atoms with Crippen molar-refractivity contribution in [2.75, 3.05) is 7.11 Å². The third-order valence-corrected chi connectivity index (χ3v) is 3.91. The molecule has 0 aromatic heterocycles. The maximum atomic E-state index is 12.6. The Morgan fingerprint density at radius 1 is 1.41 bits per heavy atom. The predicted octanol–water partition coefficient (Wildman–Crippen LogP) is 1.80. The number of nitrogens with zero attached hydrogens (tertiary/aromatic N) is 2. The van der Waals surface area contributed by atoms with Crippen molar-refractivity contribution in [1.29, 1.82) is 0 Å². The van der Waals surface area contributed by atoms with Gasteiger partial charge in [0.1, 0.15) is 0 Å². The van der Waals surface area contributed by atoms with Crippen LogP contribution in [-0.2, 0) is 9.53 Å². The molecule has 0 saturated carbocycles. The normalized spacial score (nSPS) is 22.2. The minimum atomic E-state index is -2.08. The summed E-state index contributed by atoms with van der Waals surface area (Å²) in [6, 6.07) is 8.41. The molecule has 22 heavy (non-hydrogen) atoms. The summed E-state index contributed by atoms with van der Waals surface area (Å²) in [6.07, 6.45) is 0.761. The molecule has 2 rings (SSSR count). The number of methoxy groups -OCH3 is 1. The molecule has 6 heteroatoms. The number of aliphatic hydroxyl groups is 1. The van der Waals surface area contributed by atoms with E-state index in [-0.39, 0.29) is 12.3 Å². The molecular formula is C16H20N2O4. The molecule has 0 unspecified atom stereocenters. The van der Waals surface area contributed by atoms with Gasteiger partial charge in [0.05, 0.1) is 7.11 Å². The number of benzene rings is 1. The van der Waals surface area contributed by atoms with E-state index in [1.807, 2.05) is 13.8 Å². The van der Waals surface area contributed by atoms with E-state index in [0.29, 0.717) is 11.3 Å². The molecule has 0 radical (unpaired) electrons. The van der Waals surface area contributed by atoms with Crippen LogP contribution >= 0.6 is 0 Å². The van der Waals surface area contributed by atoms with E-state index in [1.165, 1.54) is 7.11 Å². The van der Waals surface area contributed by atoms with Crippen molar-refractivity contribution in [3.63, 3.8) is 0 Å². The van der Waals surface area contributed by atoms with E-state index in [9.17, 15) is 14.7 Å². The van der Waals surface area contributed by atoms with Crippen LogP contribution in [0.5, 0.6) is 0 Å². The molecule has 0 spiro atoms. The topological polar surface area (TPSA) is 79.2 Å². The van der Waals surface area contributed by atoms with Gasteiger partial charge in [0.2, 0.25) is 0 Å². The minimum Gasteiger partial charge on any atom is -0.465 e. The van der Waals surface area contributed by atoms with Crippen molar-refractivity contribution in [3.05, 3.63) is 35.9 Å². The Balaban J connectivity index is 2.40. The van der Waals surface area contributed by atoms with E-state index in [4.69, 9.17) is 0 Å². The second-order valence-electron chi connectivity index (χ2n) is 5.37. The second kappa shape index (κ2) is 6.27. The summed E-state index contributed by atoms with van der Waals surface area (Å²) in [4.78, 5) is 24.6. The van der Waals surface area contributed by atoms with Crippen molar-refractivity contribution in [2.45, 2.75) is 32.4 Å². The van der Waals surface area contributed by atoms with E-state index >= 15 is 0 Å². The molecular weight excluding hydrogens is 284 g/mol. The van der Waals surface area contributed by atoms with Crippen molar-refractivity contribution in [1.82, 2.24) is 5.01 Å². The summed E-state index contributed by atoms with van der Waals surface area (Å²) in [6.45, 7) is 3.92. The van der Waals surface area contributed by atoms with Crippen LogP contribution in [0.15, 0.2) is 35.4 Å². The highest BCUT2D eigenvalue weighted by atomic mass is 16.5. The van der Waals surface area contributed by atoms with Gasteiger partial charge in [0.15, 0.2) is 0 Å². The molecule has 0 saturated heterocycles. The smallest absolute Gasteiger partial charge is 0.361 e. The first-order valence-electron chi connectivity index (χ1n) is 7.21. The number of amides is 1. The Bertz CT molecular complexity index is 599. The number of hydrogen-bond acceptors (Lipinski definition) is 5. The Hall–Kier alpha value is -2.21. The number of hydrazone groups is 1. The Labute approximate surface area is 129 Å². The Morgan fingerprint density at radius 3 is 2.59 bits per heavy atom. The average Bonchev–Trinajstić information content (AvgIpc) is 2.92. The highest BCUT2D eigenvalue weighted by Gasteiger charge is 2.52. The summed E-state index contributed by atoms with van der Waals surface area (Å²) in [5, 5.41) is 15.7. The summed E-state index contributed by atoms with van der Waals surface area (Å²) >= 11 is 0. The van der Waals surface area contributed by atoms with Crippen LogP contribution in [0.1, 0.15) is 37.0 Å². The Morgan fingerprint density at radius 2 is 2.05 bits per heavy atom. The average molecular weight is 304 g/mol. The molecule has 1 aromatic rings. The van der Waals surface area contributed by atoms with E-state index in [2.05, 4.69) is 9.84 Å². The zero-order chi connectivity index (χ0) is 16.3. The van der Waals surface area contributed by atoms with Gasteiger partial charge >= 0.3 is 5.97 Å². The summed E-state index contributed by atoms with van der Waals surface area (Å²) in [7, 11) is 1.17. The van der Waals surface area contributed by atoms with E-state index in [0.717, 1.165) is 11.4 Å². The number of hydrogen-bond donors (Lipinski definition) is 1. The van der Waals surface area contributed by atoms with Gasteiger partial charge in [-0.05, 0) is 24.5 Å². The van der Waals surface area contributed by atoms with E-state index < -0.39 is 17.6 Å². The van der Waals surface area contributed by atoms with Crippen LogP contribution in [-0.4, -0.2) is 40.5 Å². The van der Waals surface area contributed by atoms with Crippen LogP contribution in [0.2, 0.25) is 0 Å². The third-order valence-electron chi connectivity index (χ3n) is 3.91. The number of carbonyl (C=O) groups is 2. The molecule has 6 nitrogen and oxygen atoms in total. The molecule has 1 aliphatic rings. The van der Waals surface area contributed by atoms with Gasteiger partial charge < -0.3 is 9.84 Å². The van der Waals surface area contributed by atoms with Crippen molar-refractivity contribution in [3.8, 4) is 0 Å². The molecule has 1 amide bonds. The lowest BCUT2D eigenvalue weighted by molar-refractivity contribution is -0.176. The molecule has 1 aromatic carbocycles. The third kappa shape index (κ3) is 2.74. The fraction of sp³-hybridized carbons (Fsp3) is 0.438. The van der Waals surface area contributed by atoms with Crippen molar-refractivity contribution >= 4 is 17.6 Å². The fourth-order valence-electron chi connectivity index (χ4n) is 2.32. The molecule has 0 aliphatic carbocycles. The van der Waals surface area contributed by atoms with E-state index in [1.54, 1.807) is 30.3 Å². The molecule has 118 valence electrons. The van der Waals surface area contributed by atoms with Gasteiger partial charge in [-0.2, -0.15) is 10.1 Å². The molecule has 1 aliphatic heterocycles. The van der Waals surface area contributed by atoms with Crippen molar-refractivity contribution < 1.29 is 19.4 Å². The highest BCUT2D eigenvalue weighted by Crippen LogP contribution is 2.31. The molecule has 0 fully saturated rings. The highest BCUT2D eigenvalue weighted by molar-refractivity contribution is 6.03. The molecule has 1 N–H and O–H groups in total. The lowest BCUT2D eigenvalue weighted by atomic mass is 9.96. The zero-order valence-corrected chi connectivity index (χ0v) is 12.9. The number of esters is 1. The lowest BCUT2D eigenvalue weighted by Crippen LogP contribution is -2.53.